The third-order valence-corrected chi connectivity index (χ3v) is 5.97. The first-order valence-corrected chi connectivity index (χ1v) is 10.7. The Kier molecular flexibility index (Phi) is 6.18. The molecule has 9 nitrogen and oxygen atoms in total. The standard InChI is InChI=1S/C23H29N5O4/c1-26(2)14-21(29)25-19-8-9-20-16-10-15(12-28(20)22(19)30)11-27(13-16)23(31)24-17-4-6-18(32-3)7-5-17/h4-9,15-16H,10-14H2,1-3H3,(H,24,31)(H,25,29)/t15-,16-/m1/s1. The van der Waals surface area contributed by atoms with Crippen molar-refractivity contribution in [1.82, 2.24) is 14.4 Å². The molecule has 2 N–H and O–H groups in total. The van der Waals surface area contributed by atoms with E-state index in [4.69, 9.17) is 4.74 Å². The molecule has 2 aliphatic heterocycles. The average molecular weight is 440 g/mol. The third-order valence-electron chi connectivity index (χ3n) is 5.97. The minimum absolute atomic E-state index is 0.0864. The van der Waals surface area contributed by atoms with Crippen molar-refractivity contribution in [3.8, 4) is 5.75 Å². The lowest BCUT2D eigenvalue weighted by Crippen LogP contribution is -2.50. The van der Waals surface area contributed by atoms with E-state index in [1.54, 1.807) is 48.9 Å². The van der Waals surface area contributed by atoms with Crippen LogP contribution in [0.25, 0.3) is 0 Å². The zero-order chi connectivity index (χ0) is 22.8. The molecule has 1 aromatic heterocycles. The molecule has 170 valence electrons. The Morgan fingerprint density at radius 1 is 1.06 bits per heavy atom. The number of piperidine rings is 1. The minimum atomic E-state index is -0.218. The molecule has 2 aliphatic rings. The molecule has 0 saturated carbocycles. The van der Waals surface area contributed by atoms with Gasteiger partial charge in [-0.1, -0.05) is 0 Å². The van der Waals surface area contributed by atoms with Crippen LogP contribution in [0.2, 0.25) is 0 Å². The van der Waals surface area contributed by atoms with Crippen molar-refractivity contribution in [2.45, 2.75) is 18.9 Å². The van der Waals surface area contributed by atoms with Gasteiger partial charge in [-0.15, -0.1) is 0 Å². The first-order valence-electron chi connectivity index (χ1n) is 10.7. The number of benzene rings is 1. The number of hydrogen-bond donors (Lipinski definition) is 2. The van der Waals surface area contributed by atoms with E-state index in [9.17, 15) is 14.4 Å². The largest absolute Gasteiger partial charge is 0.497 e. The molecule has 4 rings (SSSR count). The molecule has 2 atom stereocenters. The van der Waals surface area contributed by atoms with E-state index in [-0.39, 0.29) is 35.9 Å². The van der Waals surface area contributed by atoms with Gasteiger partial charge < -0.3 is 29.7 Å². The number of rotatable bonds is 5. The fraction of sp³-hybridized carbons (Fsp3) is 0.435. The maximum atomic E-state index is 13.0. The van der Waals surface area contributed by atoms with Crippen LogP contribution in [0.3, 0.4) is 0 Å². The second-order valence-corrected chi connectivity index (χ2v) is 8.74. The van der Waals surface area contributed by atoms with E-state index in [2.05, 4.69) is 10.6 Å². The number of pyridine rings is 1. The Hall–Kier alpha value is -3.33. The fourth-order valence-electron chi connectivity index (χ4n) is 4.56. The lowest BCUT2D eigenvalue weighted by Gasteiger charge is -2.42. The van der Waals surface area contributed by atoms with Crippen molar-refractivity contribution in [2.24, 2.45) is 5.92 Å². The van der Waals surface area contributed by atoms with Gasteiger partial charge in [0.05, 0.1) is 13.7 Å². The summed E-state index contributed by atoms with van der Waals surface area (Å²) in [6.45, 7) is 1.88. The summed E-state index contributed by atoms with van der Waals surface area (Å²) in [5.74, 6) is 0.788. The molecule has 3 heterocycles. The highest BCUT2D eigenvalue weighted by atomic mass is 16.5. The van der Waals surface area contributed by atoms with Crippen LogP contribution < -0.4 is 20.9 Å². The van der Waals surface area contributed by atoms with Crippen LogP contribution in [-0.2, 0) is 11.3 Å². The topological polar surface area (TPSA) is 95.9 Å². The Balaban J connectivity index is 1.47. The summed E-state index contributed by atoms with van der Waals surface area (Å²) in [6.07, 6.45) is 0.943. The number of carbonyl (C=O) groups is 2. The number of carbonyl (C=O) groups excluding carboxylic acids is 2. The van der Waals surface area contributed by atoms with Crippen molar-refractivity contribution >= 4 is 23.3 Å². The molecule has 9 heteroatoms. The number of likely N-dealkylation sites (tertiary alicyclic amines) is 1. The number of hydrogen-bond acceptors (Lipinski definition) is 5. The van der Waals surface area contributed by atoms with Gasteiger partial charge in [0, 0.05) is 36.9 Å². The van der Waals surface area contributed by atoms with Crippen LogP contribution in [-0.4, -0.2) is 67.1 Å². The SMILES string of the molecule is COc1ccc(NC(=O)N2C[C@H]3C[C@H](C2)c2ccc(NC(=O)CN(C)C)c(=O)n2C3)cc1. The van der Waals surface area contributed by atoms with Crippen molar-refractivity contribution < 1.29 is 14.3 Å². The summed E-state index contributed by atoms with van der Waals surface area (Å²) >= 11 is 0. The summed E-state index contributed by atoms with van der Waals surface area (Å²) in [7, 11) is 5.21. The van der Waals surface area contributed by atoms with Crippen molar-refractivity contribution in [3.05, 3.63) is 52.4 Å². The zero-order valence-corrected chi connectivity index (χ0v) is 18.6. The summed E-state index contributed by atoms with van der Waals surface area (Å²) in [4.78, 5) is 41.5. The number of nitrogens with zero attached hydrogens (tertiary/aromatic N) is 3. The molecule has 1 aromatic carbocycles. The zero-order valence-electron chi connectivity index (χ0n) is 18.6. The van der Waals surface area contributed by atoms with E-state index in [0.717, 1.165) is 17.9 Å². The molecule has 0 spiro atoms. The minimum Gasteiger partial charge on any atom is -0.497 e. The van der Waals surface area contributed by atoms with Gasteiger partial charge in [-0.05, 0) is 62.8 Å². The lowest BCUT2D eigenvalue weighted by atomic mass is 9.83. The van der Waals surface area contributed by atoms with E-state index < -0.39 is 0 Å². The summed E-state index contributed by atoms with van der Waals surface area (Å²) < 4.78 is 6.92. The smallest absolute Gasteiger partial charge is 0.321 e. The van der Waals surface area contributed by atoms with Gasteiger partial charge in [-0.3, -0.25) is 9.59 Å². The number of amides is 3. The number of aromatic nitrogens is 1. The highest BCUT2D eigenvalue weighted by Crippen LogP contribution is 2.35. The number of fused-ring (bicyclic) bond motifs is 4. The lowest BCUT2D eigenvalue weighted by molar-refractivity contribution is -0.116. The number of nitrogens with one attached hydrogen (secondary N) is 2. The van der Waals surface area contributed by atoms with Crippen LogP contribution in [0.1, 0.15) is 18.0 Å². The van der Waals surface area contributed by atoms with Crippen molar-refractivity contribution in [3.63, 3.8) is 0 Å². The maximum absolute atomic E-state index is 13.0. The molecule has 2 aromatic rings. The van der Waals surface area contributed by atoms with Gasteiger partial charge in [0.25, 0.3) is 5.56 Å². The van der Waals surface area contributed by atoms with E-state index in [1.807, 2.05) is 23.1 Å². The molecule has 1 fully saturated rings. The Labute approximate surface area is 187 Å². The predicted molar refractivity (Wildman–Crippen MR) is 122 cm³/mol. The average Bonchev–Trinajstić information content (AvgIpc) is 2.76. The molecular formula is C23H29N5O4. The molecule has 1 saturated heterocycles. The summed E-state index contributed by atoms with van der Waals surface area (Å²) in [5, 5.41) is 5.67. The van der Waals surface area contributed by atoms with Crippen LogP contribution in [0.15, 0.2) is 41.2 Å². The normalized spacial score (nSPS) is 19.3. The van der Waals surface area contributed by atoms with Crippen LogP contribution >= 0.6 is 0 Å². The highest BCUT2D eigenvalue weighted by Gasteiger charge is 2.36. The Bertz CT molecular complexity index is 1060. The number of ether oxygens (including phenoxy) is 1. The van der Waals surface area contributed by atoms with Gasteiger partial charge in [0.1, 0.15) is 11.4 Å². The van der Waals surface area contributed by atoms with E-state index in [1.165, 1.54) is 0 Å². The van der Waals surface area contributed by atoms with E-state index in [0.29, 0.717) is 31.0 Å². The van der Waals surface area contributed by atoms with Gasteiger partial charge in [-0.2, -0.15) is 0 Å². The molecular weight excluding hydrogens is 410 g/mol. The monoisotopic (exact) mass is 439 g/mol. The quantitative estimate of drug-likeness (QED) is 0.743. The molecule has 0 aliphatic carbocycles. The van der Waals surface area contributed by atoms with Gasteiger partial charge in [-0.25, -0.2) is 4.79 Å². The molecule has 2 bridgehead atoms. The van der Waals surface area contributed by atoms with Gasteiger partial charge in [0.2, 0.25) is 5.91 Å². The van der Waals surface area contributed by atoms with Gasteiger partial charge in [0.15, 0.2) is 0 Å². The van der Waals surface area contributed by atoms with Crippen LogP contribution in [0.4, 0.5) is 16.2 Å². The number of urea groups is 1. The second-order valence-electron chi connectivity index (χ2n) is 8.74. The summed E-state index contributed by atoms with van der Waals surface area (Å²) in [6, 6.07) is 10.7. The van der Waals surface area contributed by atoms with Gasteiger partial charge >= 0.3 is 6.03 Å². The third kappa shape index (κ3) is 4.62. The first kappa shape index (κ1) is 21.9. The molecule has 32 heavy (non-hydrogen) atoms. The molecule has 3 amide bonds. The Morgan fingerprint density at radius 2 is 1.81 bits per heavy atom. The molecule has 0 unspecified atom stereocenters. The maximum Gasteiger partial charge on any atom is 0.321 e. The fourth-order valence-corrected chi connectivity index (χ4v) is 4.56. The van der Waals surface area contributed by atoms with E-state index >= 15 is 0 Å². The first-order chi connectivity index (χ1) is 15.3. The van der Waals surface area contributed by atoms with Crippen molar-refractivity contribution in [1.29, 1.82) is 0 Å². The second kappa shape index (κ2) is 9.04. The number of likely N-dealkylation sites (N-methyl/N-ethyl adjacent to an activating group) is 1. The predicted octanol–water partition coefficient (Wildman–Crippen LogP) is 2.01. The number of methoxy groups -OCH3 is 1. The Morgan fingerprint density at radius 3 is 2.50 bits per heavy atom. The van der Waals surface area contributed by atoms with Crippen LogP contribution in [0, 0.1) is 5.92 Å². The van der Waals surface area contributed by atoms with Crippen LogP contribution in [0.5, 0.6) is 5.75 Å². The molecule has 0 radical (unpaired) electrons. The van der Waals surface area contributed by atoms with Crippen molar-refractivity contribution in [2.75, 3.05) is 51.5 Å². The highest BCUT2D eigenvalue weighted by molar-refractivity contribution is 5.92. The number of anilines is 2. The summed E-state index contributed by atoms with van der Waals surface area (Å²) in [5.41, 5.74) is 1.75.